The highest BCUT2D eigenvalue weighted by Crippen LogP contribution is 2.17. The van der Waals surface area contributed by atoms with Crippen LogP contribution in [0.5, 0.6) is 5.75 Å². The molecule has 0 aliphatic heterocycles. The summed E-state index contributed by atoms with van der Waals surface area (Å²) in [5.41, 5.74) is 2.76. The van der Waals surface area contributed by atoms with Crippen LogP contribution in [0.15, 0.2) is 66.2 Å². The highest BCUT2D eigenvalue weighted by molar-refractivity contribution is 14.0. The molecule has 156 valence electrons. The number of nitrogens with zero attached hydrogens (tertiary/aromatic N) is 1. The molecule has 0 aromatic heterocycles. The van der Waals surface area contributed by atoms with Gasteiger partial charge in [0, 0.05) is 37.8 Å². The lowest BCUT2D eigenvalue weighted by atomic mass is 10.1. The number of hydrogen-bond acceptors (Lipinski definition) is 3. The summed E-state index contributed by atoms with van der Waals surface area (Å²) in [6.45, 7) is 7.73. The fourth-order valence-corrected chi connectivity index (χ4v) is 2.58. The van der Waals surface area contributed by atoms with E-state index in [2.05, 4.69) is 27.5 Å². The van der Waals surface area contributed by atoms with E-state index in [-0.39, 0.29) is 29.9 Å². The van der Waals surface area contributed by atoms with Gasteiger partial charge in [0.25, 0.3) is 5.91 Å². The number of halogens is 1. The zero-order valence-electron chi connectivity index (χ0n) is 16.9. The first kappa shape index (κ1) is 24.5. The highest BCUT2D eigenvalue weighted by Gasteiger charge is 2.06. The van der Waals surface area contributed by atoms with Crippen molar-refractivity contribution in [2.24, 2.45) is 4.99 Å². The lowest BCUT2D eigenvalue weighted by molar-refractivity contribution is 0.0954. The molecule has 0 heterocycles. The minimum absolute atomic E-state index is 0. The average molecular weight is 508 g/mol. The standard InChI is InChI=1S/C22H28N4O2.HI/c1-4-14-28-20-11-6-5-9-19(20)16-26-22(23-3)25-13-12-24-21(27)18-10-7-8-17(2)15-18;/h4-11,15H,1,12-14,16H2,2-3H3,(H,24,27)(H2,23,25,26);1H. The third-order valence-electron chi connectivity index (χ3n) is 3.98. The number of guanidine groups is 1. The van der Waals surface area contributed by atoms with Crippen LogP contribution in [0.3, 0.4) is 0 Å². The Bertz CT molecular complexity index is 824. The maximum atomic E-state index is 12.1. The minimum Gasteiger partial charge on any atom is -0.489 e. The Balaban J connectivity index is 0.00000420. The monoisotopic (exact) mass is 508 g/mol. The molecule has 0 atom stereocenters. The van der Waals surface area contributed by atoms with Crippen molar-refractivity contribution in [1.29, 1.82) is 0 Å². The highest BCUT2D eigenvalue weighted by atomic mass is 127. The summed E-state index contributed by atoms with van der Waals surface area (Å²) in [4.78, 5) is 16.3. The molecule has 0 bridgehead atoms. The molecule has 0 unspecified atom stereocenters. The van der Waals surface area contributed by atoms with E-state index in [9.17, 15) is 4.79 Å². The summed E-state index contributed by atoms with van der Waals surface area (Å²) in [6, 6.07) is 15.4. The van der Waals surface area contributed by atoms with Gasteiger partial charge in [-0.25, -0.2) is 0 Å². The number of aryl methyl sites for hydroxylation is 1. The number of rotatable bonds is 9. The SMILES string of the molecule is C=CCOc1ccccc1CNC(=NC)NCCNC(=O)c1cccc(C)c1.I. The largest absolute Gasteiger partial charge is 0.489 e. The van der Waals surface area contributed by atoms with E-state index in [1.54, 1.807) is 13.1 Å². The molecule has 0 spiro atoms. The van der Waals surface area contributed by atoms with Crippen LogP contribution in [0.1, 0.15) is 21.5 Å². The molecule has 2 rings (SSSR count). The molecule has 0 radical (unpaired) electrons. The normalized spacial score (nSPS) is 10.5. The number of carbonyl (C=O) groups is 1. The van der Waals surface area contributed by atoms with Crippen molar-refractivity contribution in [3.8, 4) is 5.75 Å². The minimum atomic E-state index is -0.0817. The summed E-state index contributed by atoms with van der Waals surface area (Å²) in [5.74, 6) is 1.39. The summed E-state index contributed by atoms with van der Waals surface area (Å²) < 4.78 is 5.66. The molecular formula is C22H29IN4O2. The molecule has 0 fully saturated rings. The molecule has 1 amide bonds. The predicted molar refractivity (Wildman–Crippen MR) is 129 cm³/mol. The number of aliphatic imine (C=N–C) groups is 1. The van der Waals surface area contributed by atoms with Crippen molar-refractivity contribution in [2.45, 2.75) is 13.5 Å². The average Bonchev–Trinajstić information content (AvgIpc) is 2.72. The van der Waals surface area contributed by atoms with E-state index in [1.807, 2.05) is 55.5 Å². The Labute approximate surface area is 189 Å². The van der Waals surface area contributed by atoms with Crippen molar-refractivity contribution in [3.05, 3.63) is 77.9 Å². The van der Waals surface area contributed by atoms with Gasteiger partial charge in [-0.2, -0.15) is 0 Å². The molecule has 0 saturated heterocycles. The van der Waals surface area contributed by atoms with Crippen LogP contribution < -0.4 is 20.7 Å². The van der Waals surface area contributed by atoms with Crippen LogP contribution in [0.4, 0.5) is 0 Å². The molecule has 3 N–H and O–H groups in total. The second-order valence-electron chi connectivity index (χ2n) is 6.19. The van der Waals surface area contributed by atoms with Crippen LogP contribution in [0.25, 0.3) is 0 Å². The number of para-hydroxylation sites is 1. The van der Waals surface area contributed by atoms with E-state index >= 15 is 0 Å². The van der Waals surface area contributed by atoms with E-state index in [4.69, 9.17) is 4.74 Å². The molecule has 0 aliphatic rings. The molecule has 6 nitrogen and oxygen atoms in total. The first-order chi connectivity index (χ1) is 13.6. The smallest absolute Gasteiger partial charge is 0.251 e. The van der Waals surface area contributed by atoms with Gasteiger partial charge in [0.15, 0.2) is 5.96 Å². The van der Waals surface area contributed by atoms with Gasteiger partial charge in [-0.05, 0) is 25.1 Å². The van der Waals surface area contributed by atoms with Crippen LogP contribution in [0.2, 0.25) is 0 Å². The zero-order valence-corrected chi connectivity index (χ0v) is 19.2. The van der Waals surface area contributed by atoms with E-state index < -0.39 is 0 Å². The van der Waals surface area contributed by atoms with Crippen molar-refractivity contribution in [2.75, 3.05) is 26.7 Å². The van der Waals surface area contributed by atoms with Gasteiger partial charge in [-0.1, -0.05) is 48.6 Å². The molecule has 2 aromatic rings. The van der Waals surface area contributed by atoms with Gasteiger partial charge < -0.3 is 20.7 Å². The van der Waals surface area contributed by atoms with Crippen molar-refractivity contribution in [3.63, 3.8) is 0 Å². The van der Waals surface area contributed by atoms with E-state index in [1.165, 1.54) is 0 Å². The van der Waals surface area contributed by atoms with Gasteiger partial charge >= 0.3 is 0 Å². The molecule has 2 aromatic carbocycles. The summed E-state index contributed by atoms with van der Waals surface area (Å²) >= 11 is 0. The maximum absolute atomic E-state index is 12.1. The lowest BCUT2D eigenvalue weighted by Gasteiger charge is -2.14. The number of benzene rings is 2. The fourth-order valence-electron chi connectivity index (χ4n) is 2.58. The summed E-state index contributed by atoms with van der Waals surface area (Å²) in [7, 11) is 1.71. The maximum Gasteiger partial charge on any atom is 0.251 e. The Morgan fingerprint density at radius 1 is 1.10 bits per heavy atom. The third-order valence-corrected chi connectivity index (χ3v) is 3.98. The topological polar surface area (TPSA) is 74.8 Å². The number of hydrogen-bond donors (Lipinski definition) is 3. The molecule has 7 heteroatoms. The molecule has 0 aliphatic carbocycles. The van der Waals surface area contributed by atoms with Crippen LogP contribution in [-0.2, 0) is 6.54 Å². The summed E-state index contributed by atoms with van der Waals surface area (Å²) in [6.07, 6.45) is 1.72. The van der Waals surface area contributed by atoms with Gasteiger partial charge in [-0.3, -0.25) is 9.79 Å². The van der Waals surface area contributed by atoms with Gasteiger partial charge in [0.1, 0.15) is 12.4 Å². The third kappa shape index (κ3) is 8.55. The van der Waals surface area contributed by atoms with Crippen LogP contribution >= 0.6 is 24.0 Å². The first-order valence-electron chi connectivity index (χ1n) is 9.25. The van der Waals surface area contributed by atoms with E-state index in [0.717, 1.165) is 16.9 Å². The fraction of sp³-hybridized carbons (Fsp3) is 0.273. The van der Waals surface area contributed by atoms with E-state index in [0.29, 0.717) is 37.8 Å². The second kappa shape index (κ2) is 13.6. The predicted octanol–water partition coefficient (Wildman–Crippen LogP) is 3.27. The number of amides is 1. The lowest BCUT2D eigenvalue weighted by Crippen LogP contribution is -2.41. The Morgan fingerprint density at radius 3 is 2.59 bits per heavy atom. The Kier molecular flexibility index (Phi) is 11.5. The molecular weight excluding hydrogens is 479 g/mol. The van der Waals surface area contributed by atoms with Gasteiger partial charge in [-0.15, -0.1) is 24.0 Å². The quantitative estimate of drug-likeness (QED) is 0.160. The number of carbonyl (C=O) groups excluding carboxylic acids is 1. The summed E-state index contributed by atoms with van der Waals surface area (Å²) in [5, 5.41) is 9.34. The Hall–Kier alpha value is -2.55. The first-order valence-corrected chi connectivity index (χ1v) is 9.25. The Morgan fingerprint density at radius 2 is 1.86 bits per heavy atom. The second-order valence-corrected chi connectivity index (χ2v) is 6.19. The van der Waals surface area contributed by atoms with Gasteiger partial charge in [0.2, 0.25) is 0 Å². The van der Waals surface area contributed by atoms with Crippen LogP contribution in [-0.4, -0.2) is 38.6 Å². The van der Waals surface area contributed by atoms with Crippen molar-refractivity contribution in [1.82, 2.24) is 16.0 Å². The molecule has 29 heavy (non-hydrogen) atoms. The van der Waals surface area contributed by atoms with Gasteiger partial charge in [0.05, 0.1) is 0 Å². The zero-order chi connectivity index (χ0) is 20.2. The van der Waals surface area contributed by atoms with Crippen LogP contribution in [0, 0.1) is 6.92 Å². The van der Waals surface area contributed by atoms with Crippen molar-refractivity contribution >= 4 is 35.8 Å². The van der Waals surface area contributed by atoms with Crippen molar-refractivity contribution < 1.29 is 9.53 Å². The number of nitrogens with one attached hydrogen (secondary N) is 3. The molecule has 0 saturated carbocycles. The number of ether oxygens (including phenoxy) is 1.